The van der Waals surface area contributed by atoms with E-state index < -0.39 is 35.1 Å². The number of aromatic nitrogens is 2. The van der Waals surface area contributed by atoms with Gasteiger partial charge in [-0.2, -0.15) is 0 Å². The van der Waals surface area contributed by atoms with Crippen molar-refractivity contribution in [2.75, 3.05) is 0 Å². The van der Waals surface area contributed by atoms with Crippen LogP contribution >= 0.6 is 0 Å². The van der Waals surface area contributed by atoms with Crippen LogP contribution in [0.15, 0.2) is 30.7 Å². The van der Waals surface area contributed by atoms with Crippen molar-refractivity contribution in [3.05, 3.63) is 53.6 Å². The SMILES string of the molecule is O=C(NC(Cc1cnc[nH]1)C(=O)O)c1cc(F)ccc1F. The van der Waals surface area contributed by atoms with E-state index in [2.05, 4.69) is 15.3 Å². The first-order valence-electron chi connectivity index (χ1n) is 5.93. The number of carbonyl (C=O) groups is 2. The third-order valence-electron chi connectivity index (χ3n) is 2.76. The van der Waals surface area contributed by atoms with Crippen LogP contribution in [0.1, 0.15) is 16.1 Å². The minimum absolute atomic E-state index is 0.0575. The Bertz CT molecular complexity index is 659. The molecule has 6 nitrogen and oxygen atoms in total. The fraction of sp³-hybridized carbons (Fsp3) is 0.154. The molecule has 0 fully saturated rings. The Hall–Kier alpha value is -2.77. The third-order valence-corrected chi connectivity index (χ3v) is 2.76. The van der Waals surface area contributed by atoms with Gasteiger partial charge in [-0.15, -0.1) is 0 Å². The first-order chi connectivity index (χ1) is 9.97. The molecule has 0 saturated carbocycles. The second-order valence-corrected chi connectivity index (χ2v) is 4.27. The number of halogens is 2. The predicted octanol–water partition coefficient (Wildman–Crippen LogP) is 1.11. The van der Waals surface area contributed by atoms with Crippen LogP contribution in [0.5, 0.6) is 0 Å². The van der Waals surface area contributed by atoms with Crippen LogP contribution in [-0.4, -0.2) is 33.0 Å². The molecule has 0 aliphatic rings. The fourth-order valence-corrected chi connectivity index (χ4v) is 1.72. The summed E-state index contributed by atoms with van der Waals surface area (Å²) in [5, 5.41) is 11.2. The number of imidazole rings is 1. The Balaban J connectivity index is 2.14. The molecule has 1 amide bonds. The molecule has 1 heterocycles. The van der Waals surface area contributed by atoms with Gasteiger partial charge in [-0.05, 0) is 18.2 Å². The molecule has 0 aliphatic carbocycles. The number of hydrogen-bond acceptors (Lipinski definition) is 3. The van der Waals surface area contributed by atoms with Gasteiger partial charge in [0.2, 0.25) is 0 Å². The van der Waals surface area contributed by atoms with Crippen molar-refractivity contribution < 1.29 is 23.5 Å². The minimum atomic E-state index is -1.30. The molecule has 0 saturated heterocycles. The van der Waals surface area contributed by atoms with Gasteiger partial charge >= 0.3 is 5.97 Å². The number of aliphatic carboxylic acids is 1. The van der Waals surface area contributed by atoms with Crippen molar-refractivity contribution in [2.45, 2.75) is 12.5 Å². The minimum Gasteiger partial charge on any atom is -0.480 e. The lowest BCUT2D eigenvalue weighted by atomic mass is 10.1. The molecule has 2 rings (SSSR count). The van der Waals surface area contributed by atoms with Gasteiger partial charge in [0.05, 0.1) is 11.9 Å². The number of aromatic amines is 1. The molecule has 1 aromatic heterocycles. The van der Waals surface area contributed by atoms with Crippen molar-refractivity contribution in [1.29, 1.82) is 0 Å². The van der Waals surface area contributed by atoms with E-state index in [4.69, 9.17) is 5.11 Å². The Morgan fingerprint density at radius 2 is 2.14 bits per heavy atom. The zero-order chi connectivity index (χ0) is 15.4. The van der Waals surface area contributed by atoms with Crippen LogP contribution in [0.3, 0.4) is 0 Å². The summed E-state index contributed by atoms with van der Waals surface area (Å²) in [6, 6.07) is 1.08. The molecular formula is C13H11F2N3O3. The number of amides is 1. The average Bonchev–Trinajstić information content (AvgIpc) is 2.93. The molecule has 3 N–H and O–H groups in total. The molecule has 110 valence electrons. The van der Waals surface area contributed by atoms with Gasteiger partial charge in [0.1, 0.15) is 17.7 Å². The van der Waals surface area contributed by atoms with Crippen LogP contribution < -0.4 is 5.32 Å². The van der Waals surface area contributed by atoms with Crippen molar-refractivity contribution in [2.24, 2.45) is 0 Å². The summed E-state index contributed by atoms with van der Waals surface area (Å²) in [5.41, 5.74) is -0.0618. The van der Waals surface area contributed by atoms with Crippen LogP contribution in [0, 0.1) is 11.6 Å². The first-order valence-corrected chi connectivity index (χ1v) is 5.93. The zero-order valence-electron chi connectivity index (χ0n) is 10.6. The van der Waals surface area contributed by atoms with E-state index in [1.807, 2.05) is 0 Å². The summed E-state index contributed by atoms with van der Waals surface area (Å²) in [4.78, 5) is 29.4. The van der Waals surface area contributed by atoms with E-state index in [0.29, 0.717) is 11.8 Å². The normalized spacial score (nSPS) is 11.9. The van der Waals surface area contributed by atoms with E-state index >= 15 is 0 Å². The highest BCUT2D eigenvalue weighted by Gasteiger charge is 2.23. The molecule has 0 aliphatic heterocycles. The number of nitrogens with one attached hydrogen (secondary N) is 2. The second kappa shape index (κ2) is 6.12. The summed E-state index contributed by atoms with van der Waals surface area (Å²) < 4.78 is 26.5. The van der Waals surface area contributed by atoms with E-state index in [-0.39, 0.29) is 6.42 Å². The van der Waals surface area contributed by atoms with Gasteiger partial charge in [0.15, 0.2) is 0 Å². The highest BCUT2D eigenvalue weighted by molar-refractivity contribution is 5.96. The van der Waals surface area contributed by atoms with Gasteiger partial charge in [0.25, 0.3) is 5.91 Å². The largest absolute Gasteiger partial charge is 0.480 e. The van der Waals surface area contributed by atoms with E-state index in [0.717, 1.165) is 12.1 Å². The van der Waals surface area contributed by atoms with E-state index in [1.165, 1.54) is 12.5 Å². The van der Waals surface area contributed by atoms with Gasteiger partial charge in [-0.25, -0.2) is 18.6 Å². The Morgan fingerprint density at radius 1 is 1.38 bits per heavy atom. The molecule has 1 atom stereocenters. The highest BCUT2D eigenvalue weighted by Crippen LogP contribution is 2.10. The van der Waals surface area contributed by atoms with Crippen molar-refractivity contribution in [3.63, 3.8) is 0 Å². The lowest BCUT2D eigenvalue weighted by molar-refractivity contribution is -0.139. The monoisotopic (exact) mass is 295 g/mol. The number of carboxylic acids is 1. The lowest BCUT2D eigenvalue weighted by Crippen LogP contribution is -2.42. The number of carboxylic acid groups (broad SMARTS) is 1. The van der Waals surface area contributed by atoms with Crippen molar-refractivity contribution in [1.82, 2.24) is 15.3 Å². The predicted molar refractivity (Wildman–Crippen MR) is 67.5 cm³/mol. The Kier molecular flexibility index (Phi) is 4.27. The van der Waals surface area contributed by atoms with Gasteiger partial charge in [-0.3, -0.25) is 4.79 Å². The zero-order valence-corrected chi connectivity index (χ0v) is 10.6. The summed E-state index contributed by atoms with van der Waals surface area (Å²) >= 11 is 0. The number of benzene rings is 1. The van der Waals surface area contributed by atoms with Crippen LogP contribution in [0.4, 0.5) is 8.78 Å². The maximum Gasteiger partial charge on any atom is 0.326 e. The molecule has 0 radical (unpaired) electrons. The van der Waals surface area contributed by atoms with Crippen molar-refractivity contribution in [3.8, 4) is 0 Å². The molecular weight excluding hydrogens is 284 g/mol. The summed E-state index contributed by atoms with van der Waals surface area (Å²) in [7, 11) is 0. The first kappa shape index (κ1) is 14.6. The van der Waals surface area contributed by atoms with Crippen LogP contribution in [-0.2, 0) is 11.2 Å². The molecule has 0 bridgehead atoms. The van der Waals surface area contributed by atoms with Gasteiger partial charge in [0, 0.05) is 18.3 Å². The molecule has 1 unspecified atom stereocenters. The van der Waals surface area contributed by atoms with E-state index in [9.17, 15) is 18.4 Å². The second-order valence-electron chi connectivity index (χ2n) is 4.27. The molecule has 8 heteroatoms. The number of nitrogens with zero attached hydrogens (tertiary/aromatic N) is 1. The van der Waals surface area contributed by atoms with Crippen LogP contribution in [0.25, 0.3) is 0 Å². The number of hydrogen-bond donors (Lipinski definition) is 3. The van der Waals surface area contributed by atoms with E-state index in [1.54, 1.807) is 0 Å². The lowest BCUT2D eigenvalue weighted by Gasteiger charge is -2.14. The quantitative estimate of drug-likeness (QED) is 0.770. The maximum absolute atomic E-state index is 13.5. The smallest absolute Gasteiger partial charge is 0.326 e. The van der Waals surface area contributed by atoms with Gasteiger partial charge in [-0.1, -0.05) is 0 Å². The highest BCUT2D eigenvalue weighted by atomic mass is 19.1. The third kappa shape index (κ3) is 3.62. The molecule has 2 aromatic rings. The fourth-order valence-electron chi connectivity index (χ4n) is 1.72. The number of H-pyrrole nitrogens is 1. The van der Waals surface area contributed by atoms with Crippen molar-refractivity contribution >= 4 is 11.9 Å². The van der Waals surface area contributed by atoms with Crippen LogP contribution in [0.2, 0.25) is 0 Å². The Morgan fingerprint density at radius 3 is 2.76 bits per heavy atom. The molecule has 0 spiro atoms. The summed E-state index contributed by atoms with van der Waals surface area (Å²) in [5.74, 6) is -4.02. The molecule has 21 heavy (non-hydrogen) atoms. The summed E-state index contributed by atoms with van der Waals surface area (Å²) in [6.45, 7) is 0. The maximum atomic E-state index is 13.5. The number of carbonyl (C=O) groups excluding carboxylic acids is 1. The topological polar surface area (TPSA) is 95.1 Å². The summed E-state index contributed by atoms with van der Waals surface area (Å²) in [6.07, 6.45) is 2.71. The van der Waals surface area contributed by atoms with Gasteiger partial charge < -0.3 is 15.4 Å². The Labute approximate surface area is 117 Å². The average molecular weight is 295 g/mol. The number of rotatable bonds is 5. The molecule has 1 aromatic carbocycles. The standard InChI is InChI=1S/C13H11F2N3O3/c14-7-1-2-10(15)9(3-7)12(19)18-11(13(20)21)4-8-5-16-6-17-8/h1-3,5-6,11H,4H2,(H,16,17)(H,18,19)(H,20,21).